The lowest BCUT2D eigenvalue weighted by atomic mass is 10.2. The monoisotopic (exact) mass is 398 g/mol. The maximum Gasteiger partial charge on any atom is 0.236 e. The van der Waals surface area contributed by atoms with Crippen molar-refractivity contribution in [3.05, 3.63) is 59.4 Å². The number of carbonyl (C=O) groups excluding carboxylic acids is 1. The molecule has 2 aromatic carbocycles. The first kappa shape index (κ1) is 18.8. The standard InChI is InChI=1S/C21H23FN4OS/c1-24(14-20-23-17-7-3-5-9-19(17)28-20)15-21(27)26-12-10-25(11-13-26)18-8-4-2-6-16(18)22/h2-9H,10-15H2,1H3. The third-order valence-electron chi connectivity index (χ3n) is 4.97. The molecule has 1 aliphatic rings. The van der Waals surface area contributed by atoms with Crippen molar-refractivity contribution in [3.63, 3.8) is 0 Å². The molecule has 0 aliphatic carbocycles. The molecule has 0 N–H and O–H groups in total. The second kappa shape index (κ2) is 8.24. The van der Waals surface area contributed by atoms with Crippen LogP contribution in [0.2, 0.25) is 0 Å². The van der Waals surface area contributed by atoms with Crippen molar-refractivity contribution in [1.82, 2.24) is 14.8 Å². The van der Waals surface area contributed by atoms with Gasteiger partial charge >= 0.3 is 0 Å². The number of halogens is 1. The normalized spacial score (nSPS) is 14.8. The van der Waals surface area contributed by atoms with E-state index in [9.17, 15) is 9.18 Å². The molecule has 0 spiro atoms. The van der Waals surface area contributed by atoms with Crippen LogP contribution in [0.15, 0.2) is 48.5 Å². The lowest BCUT2D eigenvalue weighted by Crippen LogP contribution is -2.51. The number of amides is 1. The van der Waals surface area contributed by atoms with Crippen molar-refractivity contribution in [2.24, 2.45) is 0 Å². The van der Waals surface area contributed by atoms with Gasteiger partial charge in [0.15, 0.2) is 0 Å². The predicted molar refractivity (Wildman–Crippen MR) is 111 cm³/mol. The van der Waals surface area contributed by atoms with Crippen LogP contribution in [0.3, 0.4) is 0 Å². The Hall–Kier alpha value is -2.51. The molecule has 28 heavy (non-hydrogen) atoms. The lowest BCUT2D eigenvalue weighted by Gasteiger charge is -2.36. The van der Waals surface area contributed by atoms with E-state index in [4.69, 9.17) is 0 Å². The van der Waals surface area contributed by atoms with E-state index < -0.39 is 0 Å². The number of hydrogen-bond donors (Lipinski definition) is 0. The van der Waals surface area contributed by atoms with Crippen molar-refractivity contribution < 1.29 is 9.18 Å². The number of fused-ring (bicyclic) bond motifs is 1. The number of rotatable bonds is 5. The van der Waals surface area contributed by atoms with Crippen molar-refractivity contribution in [3.8, 4) is 0 Å². The molecule has 2 heterocycles. The number of thiazole rings is 1. The zero-order valence-electron chi connectivity index (χ0n) is 15.8. The molecule has 0 radical (unpaired) electrons. The largest absolute Gasteiger partial charge is 0.366 e. The Morgan fingerprint density at radius 3 is 2.57 bits per heavy atom. The van der Waals surface area contributed by atoms with E-state index >= 15 is 0 Å². The van der Waals surface area contributed by atoms with Crippen molar-refractivity contribution >= 4 is 33.1 Å². The molecule has 3 aromatic rings. The molecule has 1 fully saturated rings. The minimum atomic E-state index is -0.210. The van der Waals surface area contributed by atoms with E-state index in [2.05, 4.69) is 11.1 Å². The number of hydrogen-bond acceptors (Lipinski definition) is 5. The molecular weight excluding hydrogens is 375 g/mol. The number of para-hydroxylation sites is 2. The topological polar surface area (TPSA) is 39.7 Å². The molecule has 1 amide bonds. The van der Waals surface area contributed by atoms with E-state index in [-0.39, 0.29) is 11.7 Å². The number of piperazine rings is 1. The Balaban J connectivity index is 1.30. The summed E-state index contributed by atoms with van der Waals surface area (Å²) < 4.78 is 15.1. The van der Waals surface area contributed by atoms with E-state index in [0.717, 1.165) is 10.5 Å². The Bertz CT molecular complexity index is 935. The number of nitrogens with zero attached hydrogens (tertiary/aromatic N) is 4. The number of anilines is 1. The predicted octanol–water partition coefficient (Wildman–Crippen LogP) is 3.22. The lowest BCUT2D eigenvalue weighted by molar-refractivity contribution is -0.132. The number of carbonyl (C=O) groups is 1. The van der Waals surface area contributed by atoms with Gasteiger partial charge in [-0.2, -0.15) is 0 Å². The van der Waals surface area contributed by atoms with Crippen LogP contribution in [-0.4, -0.2) is 60.5 Å². The van der Waals surface area contributed by atoms with E-state index in [0.29, 0.717) is 45.0 Å². The van der Waals surface area contributed by atoms with Gasteiger partial charge in [0.25, 0.3) is 0 Å². The molecule has 1 aliphatic heterocycles. The summed E-state index contributed by atoms with van der Waals surface area (Å²) >= 11 is 1.67. The first-order chi connectivity index (χ1) is 13.6. The van der Waals surface area contributed by atoms with Gasteiger partial charge in [0.2, 0.25) is 5.91 Å². The van der Waals surface area contributed by atoms with E-state index in [1.165, 1.54) is 10.8 Å². The Morgan fingerprint density at radius 1 is 1.11 bits per heavy atom. The molecule has 5 nitrogen and oxygen atoms in total. The average Bonchev–Trinajstić information content (AvgIpc) is 3.10. The van der Waals surface area contributed by atoms with Crippen molar-refractivity contribution in [1.29, 1.82) is 0 Å². The minimum Gasteiger partial charge on any atom is -0.366 e. The van der Waals surface area contributed by atoms with Crippen LogP contribution in [0.4, 0.5) is 10.1 Å². The Kier molecular flexibility index (Phi) is 5.54. The first-order valence-electron chi connectivity index (χ1n) is 9.40. The van der Waals surface area contributed by atoms with Gasteiger partial charge in [-0.05, 0) is 31.3 Å². The highest BCUT2D eigenvalue weighted by atomic mass is 32.1. The van der Waals surface area contributed by atoms with E-state index in [1.807, 2.05) is 46.0 Å². The Labute approximate surface area is 168 Å². The first-order valence-corrected chi connectivity index (χ1v) is 10.2. The van der Waals surface area contributed by atoms with Gasteiger partial charge in [0.05, 0.1) is 29.0 Å². The molecule has 4 rings (SSSR count). The highest BCUT2D eigenvalue weighted by Crippen LogP contribution is 2.23. The van der Waals surface area contributed by atoms with E-state index in [1.54, 1.807) is 23.5 Å². The third-order valence-corrected chi connectivity index (χ3v) is 6.00. The highest BCUT2D eigenvalue weighted by Gasteiger charge is 2.23. The van der Waals surface area contributed by atoms with Crippen molar-refractivity contribution in [2.75, 3.05) is 44.7 Å². The average molecular weight is 399 g/mol. The van der Waals surface area contributed by atoms with Gasteiger partial charge < -0.3 is 9.80 Å². The maximum absolute atomic E-state index is 14.0. The summed E-state index contributed by atoms with van der Waals surface area (Å²) in [6, 6.07) is 14.9. The van der Waals surface area contributed by atoms with Crippen LogP contribution in [0.25, 0.3) is 10.2 Å². The molecule has 0 unspecified atom stereocenters. The van der Waals surface area contributed by atoms with Crippen LogP contribution in [0, 0.1) is 5.82 Å². The van der Waals surface area contributed by atoms with Gasteiger partial charge in [0.1, 0.15) is 10.8 Å². The summed E-state index contributed by atoms with van der Waals surface area (Å²) in [4.78, 5) is 23.2. The highest BCUT2D eigenvalue weighted by molar-refractivity contribution is 7.18. The molecule has 1 saturated heterocycles. The fraction of sp³-hybridized carbons (Fsp3) is 0.333. The summed E-state index contributed by atoms with van der Waals surface area (Å²) in [7, 11) is 1.94. The van der Waals surface area contributed by atoms with Crippen LogP contribution in [0.5, 0.6) is 0 Å². The van der Waals surface area contributed by atoms with Gasteiger partial charge in [-0.25, -0.2) is 9.37 Å². The van der Waals surface area contributed by atoms with Gasteiger partial charge in [-0.1, -0.05) is 24.3 Å². The molecule has 0 saturated carbocycles. The zero-order chi connectivity index (χ0) is 19.5. The van der Waals surface area contributed by atoms with Crippen molar-refractivity contribution in [2.45, 2.75) is 6.54 Å². The summed E-state index contributed by atoms with van der Waals surface area (Å²) in [6.45, 7) is 3.53. The number of likely N-dealkylation sites (N-methyl/N-ethyl adjacent to an activating group) is 1. The van der Waals surface area contributed by atoms with Gasteiger partial charge in [0, 0.05) is 26.2 Å². The van der Waals surface area contributed by atoms with Gasteiger partial charge in [-0.3, -0.25) is 9.69 Å². The summed E-state index contributed by atoms with van der Waals surface area (Å²) in [5.74, 6) is -0.102. The second-order valence-corrected chi connectivity index (χ2v) is 8.18. The molecule has 0 atom stereocenters. The zero-order valence-corrected chi connectivity index (χ0v) is 16.7. The maximum atomic E-state index is 14.0. The van der Waals surface area contributed by atoms with Crippen LogP contribution in [-0.2, 0) is 11.3 Å². The molecular formula is C21H23FN4OS. The number of benzene rings is 2. The van der Waals surface area contributed by atoms with Gasteiger partial charge in [-0.15, -0.1) is 11.3 Å². The summed E-state index contributed by atoms with van der Waals surface area (Å²) in [5, 5.41) is 1.01. The smallest absolute Gasteiger partial charge is 0.236 e. The van der Waals surface area contributed by atoms with Crippen LogP contribution >= 0.6 is 11.3 Å². The fourth-order valence-corrected chi connectivity index (χ4v) is 4.56. The molecule has 7 heteroatoms. The van der Waals surface area contributed by atoms with Crippen LogP contribution < -0.4 is 4.90 Å². The Morgan fingerprint density at radius 2 is 1.82 bits per heavy atom. The summed E-state index contributed by atoms with van der Waals surface area (Å²) in [6.07, 6.45) is 0. The quantitative estimate of drug-likeness (QED) is 0.662. The molecule has 0 bridgehead atoms. The third kappa shape index (κ3) is 4.15. The molecule has 146 valence electrons. The SMILES string of the molecule is CN(CC(=O)N1CCN(c2ccccc2F)CC1)Cc1nc2ccccc2s1. The summed E-state index contributed by atoms with van der Waals surface area (Å²) in [5.41, 5.74) is 1.62. The minimum absolute atomic E-state index is 0.108. The van der Waals surface area contributed by atoms with Crippen LogP contribution in [0.1, 0.15) is 5.01 Å². The second-order valence-electron chi connectivity index (χ2n) is 7.07. The molecule has 1 aromatic heterocycles. The fourth-order valence-electron chi connectivity index (χ4n) is 3.51. The number of aromatic nitrogens is 1.